The Morgan fingerprint density at radius 1 is 1.53 bits per heavy atom. The molecule has 3 heteroatoms. The van der Waals surface area contributed by atoms with Crippen LogP contribution in [-0.4, -0.2) is 19.7 Å². The quantitative estimate of drug-likeness (QED) is 0.787. The van der Waals surface area contributed by atoms with E-state index in [9.17, 15) is 0 Å². The Bertz CT molecular complexity index is 321. The summed E-state index contributed by atoms with van der Waals surface area (Å²) in [6.07, 6.45) is 2.39. The Hall–Kier alpha value is -1.06. The van der Waals surface area contributed by atoms with Gasteiger partial charge in [0.2, 0.25) is 0 Å². The Kier molecular flexibility index (Phi) is 3.23. The molecule has 0 aliphatic carbocycles. The largest absolute Gasteiger partial charge is 0.497 e. The molecule has 15 heavy (non-hydrogen) atoms. The highest BCUT2D eigenvalue weighted by Crippen LogP contribution is 2.23. The molecule has 2 atom stereocenters. The zero-order valence-corrected chi connectivity index (χ0v) is 9.07. The normalized spacial score (nSPS) is 22.7. The molecular formula is C12H18N2O. The second-order valence-electron chi connectivity index (χ2n) is 4.01. The molecule has 2 unspecified atom stereocenters. The van der Waals surface area contributed by atoms with E-state index in [4.69, 9.17) is 10.5 Å². The first-order chi connectivity index (χ1) is 7.31. The van der Waals surface area contributed by atoms with Crippen LogP contribution in [0.1, 0.15) is 24.4 Å². The van der Waals surface area contributed by atoms with Gasteiger partial charge in [0, 0.05) is 12.1 Å². The van der Waals surface area contributed by atoms with E-state index in [1.165, 1.54) is 12.8 Å². The van der Waals surface area contributed by atoms with Gasteiger partial charge in [-0.2, -0.15) is 0 Å². The molecule has 1 aromatic carbocycles. The smallest absolute Gasteiger partial charge is 0.119 e. The monoisotopic (exact) mass is 206 g/mol. The summed E-state index contributed by atoms with van der Waals surface area (Å²) in [6, 6.07) is 8.50. The minimum atomic E-state index is 0.0719. The fourth-order valence-electron chi connectivity index (χ4n) is 2.10. The molecule has 2 rings (SSSR count). The molecule has 1 saturated heterocycles. The molecule has 82 valence electrons. The number of methoxy groups -OCH3 is 1. The molecule has 0 amide bonds. The van der Waals surface area contributed by atoms with E-state index in [-0.39, 0.29) is 6.04 Å². The molecule has 1 aliphatic heterocycles. The Labute approximate surface area is 90.6 Å². The standard InChI is InChI=1S/C12H18N2O/c1-15-10-5-2-4-9(8-10)12(13)11-6-3-7-14-11/h2,4-5,8,11-12,14H,3,6-7,13H2,1H3. The Morgan fingerprint density at radius 2 is 2.40 bits per heavy atom. The predicted molar refractivity (Wildman–Crippen MR) is 60.9 cm³/mol. The van der Waals surface area contributed by atoms with Crippen molar-refractivity contribution < 1.29 is 4.74 Å². The third kappa shape index (κ3) is 2.30. The molecule has 1 aliphatic rings. The number of benzene rings is 1. The topological polar surface area (TPSA) is 47.3 Å². The summed E-state index contributed by atoms with van der Waals surface area (Å²) in [5.74, 6) is 0.876. The van der Waals surface area contributed by atoms with Crippen LogP contribution in [0.25, 0.3) is 0 Å². The Morgan fingerprint density at radius 3 is 3.07 bits per heavy atom. The van der Waals surface area contributed by atoms with Gasteiger partial charge in [-0.05, 0) is 37.1 Å². The predicted octanol–water partition coefficient (Wildman–Crippen LogP) is 1.45. The van der Waals surface area contributed by atoms with Crippen molar-refractivity contribution >= 4 is 0 Å². The van der Waals surface area contributed by atoms with Crippen LogP contribution < -0.4 is 15.8 Å². The van der Waals surface area contributed by atoms with Crippen LogP contribution >= 0.6 is 0 Å². The molecule has 0 bridgehead atoms. The van der Waals surface area contributed by atoms with Gasteiger partial charge in [-0.15, -0.1) is 0 Å². The van der Waals surface area contributed by atoms with Crippen molar-refractivity contribution in [1.82, 2.24) is 5.32 Å². The average Bonchev–Trinajstić information content (AvgIpc) is 2.81. The van der Waals surface area contributed by atoms with E-state index in [2.05, 4.69) is 11.4 Å². The van der Waals surface area contributed by atoms with Crippen molar-refractivity contribution in [1.29, 1.82) is 0 Å². The first-order valence-corrected chi connectivity index (χ1v) is 5.44. The highest BCUT2D eigenvalue weighted by Gasteiger charge is 2.22. The first kappa shape index (κ1) is 10.5. The maximum atomic E-state index is 6.21. The fraction of sp³-hybridized carbons (Fsp3) is 0.500. The van der Waals surface area contributed by atoms with Crippen molar-refractivity contribution in [3.63, 3.8) is 0 Å². The lowest BCUT2D eigenvalue weighted by molar-refractivity contribution is 0.412. The maximum absolute atomic E-state index is 6.21. The van der Waals surface area contributed by atoms with E-state index in [0.29, 0.717) is 6.04 Å². The van der Waals surface area contributed by atoms with Crippen LogP contribution in [0, 0.1) is 0 Å². The summed E-state index contributed by atoms with van der Waals surface area (Å²) in [5, 5.41) is 3.43. The van der Waals surface area contributed by atoms with Gasteiger partial charge in [-0.1, -0.05) is 12.1 Å². The van der Waals surface area contributed by atoms with Gasteiger partial charge in [0.15, 0.2) is 0 Å². The van der Waals surface area contributed by atoms with Gasteiger partial charge in [-0.3, -0.25) is 0 Å². The van der Waals surface area contributed by atoms with Gasteiger partial charge in [0.05, 0.1) is 7.11 Å². The summed E-state index contributed by atoms with van der Waals surface area (Å²) >= 11 is 0. The van der Waals surface area contributed by atoms with Gasteiger partial charge in [0.25, 0.3) is 0 Å². The summed E-state index contributed by atoms with van der Waals surface area (Å²) in [6.45, 7) is 1.09. The summed E-state index contributed by atoms with van der Waals surface area (Å²) in [4.78, 5) is 0. The number of hydrogen-bond donors (Lipinski definition) is 2. The van der Waals surface area contributed by atoms with Crippen molar-refractivity contribution in [2.75, 3.05) is 13.7 Å². The zero-order valence-electron chi connectivity index (χ0n) is 9.07. The third-order valence-corrected chi connectivity index (χ3v) is 3.01. The molecule has 0 radical (unpaired) electrons. The molecule has 1 fully saturated rings. The lowest BCUT2D eigenvalue weighted by Crippen LogP contribution is -2.34. The average molecular weight is 206 g/mol. The molecule has 1 heterocycles. The van der Waals surface area contributed by atoms with Crippen LogP contribution in [-0.2, 0) is 0 Å². The third-order valence-electron chi connectivity index (χ3n) is 3.01. The first-order valence-electron chi connectivity index (χ1n) is 5.44. The molecule has 0 saturated carbocycles. The zero-order chi connectivity index (χ0) is 10.7. The van der Waals surface area contributed by atoms with E-state index >= 15 is 0 Å². The number of nitrogens with two attached hydrogens (primary N) is 1. The van der Waals surface area contributed by atoms with E-state index in [1.54, 1.807) is 7.11 Å². The van der Waals surface area contributed by atoms with Crippen LogP contribution in [0.5, 0.6) is 5.75 Å². The van der Waals surface area contributed by atoms with Gasteiger partial charge in [0.1, 0.15) is 5.75 Å². The van der Waals surface area contributed by atoms with Gasteiger partial charge in [-0.25, -0.2) is 0 Å². The van der Waals surface area contributed by atoms with E-state index < -0.39 is 0 Å². The molecule has 3 N–H and O–H groups in total. The molecule has 0 aromatic heterocycles. The van der Waals surface area contributed by atoms with Crippen LogP contribution in [0.4, 0.5) is 0 Å². The van der Waals surface area contributed by atoms with Gasteiger partial charge < -0.3 is 15.8 Å². The van der Waals surface area contributed by atoms with Crippen LogP contribution in [0.15, 0.2) is 24.3 Å². The van der Waals surface area contributed by atoms with E-state index in [1.807, 2.05) is 18.2 Å². The highest BCUT2D eigenvalue weighted by atomic mass is 16.5. The summed E-state index contributed by atoms with van der Waals surface area (Å²) in [7, 11) is 1.68. The van der Waals surface area contributed by atoms with Crippen molar-refractivity contribution in [2.45, 2.75) is 24.9 Å². The van der Waals surface area contributed by atoms with Crippen molar-refractivity contribution in [3.8, 4) is 5.75 Å². The molecular weight excluding hydrogens is 188 g/mol. The highest BCUT2D eigenvalue weighted by molar-refractivity contribution is 5.31. The minimum Gasteiger partial charge on any atom is -0.497 e. The SMILES string of the molecule is COc1cccc(C(N)C2CCCN2)c1. The second-order valence-corrected chi connectivity index (χ2v) is 4.01. The van der Waals surface area contributed by atoms with Gasteiger partial charge >= 0.3 is 0 Å². The lowest BCUT2D eigenvalue weighted by Gasteiger charge is -2.20. The van der Waals surface area contributed by atoms with Crippen molar-refractivity contribution in [3.05, 3.63) is 29.8 Å². The Balaban J connectivity index is 2.13. The molecule has 1 aromatic rings. The number of hydrogen-bond acceptors (Lipinski definition) is 3. The number of nitrogens with one attached hydrogen (secondary N) is 1. The molecule has 3 nitrogen and oxygen atoms in total. The number of rotatable bonds is 3. The van der Waals surface area contributed by atoms with Crippen LogP contribution in [0.2, 0.25) is 0 Å². The molecule has 0 spiro atoms. The summed E-state index contributed by atoms with van der Waals surface area (Å²) < 4.78 is 5.19. The lowest BCUT2D eigenvalue weighted by atomic mass is 9.99. The van der Waals surface area contributed by atoms with Crippen molar-refractivity contribution in [2.24, 2.45) is 5.73 Å². The van der Waals surface area contributed by atoms with Crippen LogP contribution in [0.3, 0.4) is 0 Å². The second kappa shape index (κ2) is 4.64. The number of ether oxygens (including phenoxy) is 1. The fourth-order valence-corrected chi connectivity index (χ4v) is 2.10. The van der Waals surface area contributed by atoms with E-state index in [0.717, 1.165) is 17.9 Å². The summed E-state index contributed by atoms with van der Waals surface area (Å²) in [5.41, 5.74) is 7.35. The minimum absolute atomic E-state index is 0.0719. The maximum Gasteiger partial charge on any atom is 0.119 e.